The van der Waals surface area contributed by atoms with Gasteiger partial charge < -0.3 is 0 Å². The van der Waals surface area contributed by atoms with E-state index in [4.69, 9.17) is 0 Å². The second kappa shape index (κ2) is 9.09. The second-order valence-electron chi connectivity index (χ2n) is 4.95. The lowest BCUT2D eigenvalue weighted by Gasteiger charge is -2.19. The Morgan fingerprint density at radius 2 is 0.625 bits per heavy atom. The molecule has 0 heterocycles. The average molecular weight is 1330 g/mol. The fourth-order valence-electron chi connectivity index (χ4n) is 2.48. The maximum atomic E-state index is 2.57. The van der Waals surface area contributed by atoms with Crippen molar-refractivity contribution in [3.05, 3.63) is 37.7 Å². The molecule has 3 aromatic carbocycles. The van der Waals surface area contributed by atoms with Crippen molar-refractivity contribution in [1.29, 1.82) is 0 Å². The van der Waals surface area contributed by atoms with Crippen molar-refractivity contribution in [2.24, 2.45) is 0 Å². The zero-order chi connectivity index (χ0) is 18.1. The first-order valence-electron chi connectivity index (χ1n) is 6.20. The summed E-state index contributed by atoms with van der Waals surface area (Å²) in [6.45, 7) is 2.24. The lowest BCUT2D eigenvalue weighted by atomic mass is 10.0. The summed E-state index contributed by atoms with van der Waals surface area (Å²) in [6.07, 6.45) is 0. The Morgan fingerprint density at radius 3 is 1.00 bits per heavy atom. The second-order valence-corrected chi connectivity index (χ2v) is 14.7. The van der Waals surface area contributed by atoms with Crippen molar-refractivity contribution < 1.29 is 0 Å². The van der Waals surface area contributed by atoms with Gasteiger partial charge in [0, 0.05) is 53.7 Å². The highest BCUT2D eigenvalue weighted by Crippen LogP contribution is 2.46. The van der Waals surface area contributed by atoms with E-state index in [-0.39, 0.29) is 0 Å². The Labute approximate surface area is 263 Å². The Kier molecular flexibility index (Phi) is 8.86. The highest BCUT2D eigenvalue weighted by Gasteiger charge is 2.24. The van der Waals surface area contributed by atoms with E-state index in [1.54, 1.807) is 0 Å². The first-order chi connectivity index (χ1) is 11.1. The van der Waals surface area contributed by atoms with E-state index in [9.17, 15) is 0 Å². The monoisotopic (exact) mass is 1330 g/mol. The molecular weight excluding hydrogens is 1320 g/mol. The average Bonchev–Trinajstić information content (AvgIpc) is 2.55. The van der Waals surface area contributed by atoms with Gasteiger partial charge in [0.25, 0.3) is 0 Å². The van der Waals surface area contributed by atoms with Gasteiger partial charge in [0.1, 0.15) is 0 Å². The molecule has 0 unspecified atom stereocenters. The van der Waals surface area contributed by atoms with Gasteiger partial charge in [-0.2, -0.15) is 0 Å². The molecule has 0 amide bonds. The summed E-state index contributed by atoms with van der Waals surface area (Å²) in [5, 5.41) is 5.66. The first-order valence-corrected chi connectivity index (χ1v) is 15.9. The fourth-order valence-corrected chi connectivity index (χ4v) is 13.2. The van der Waals surface area contributed by atoms with Gasteiger partial charge in [0.2, 0.25) is 0 Å². The molecular formula is C15H3I9. The fraction of sp³-hybridized carbons (Fsp3) is 0.0667. The molecule has 0 aliphatic carbocycles. The van der Waals surface area contributed by atoms with Crippen LogP contribution in [0.3, 0.4) is 0 Å². The zero-order valence-corrected chi connectivity index (χ0v) is 30.8. The van der Waals surface area contributed by atoms with E-state index in [2.05, 4.69) is 210 Å². The highest BCUT2D eigenvalue weighted by molar-refractivity contribution is 14.1. The third-order valence-electron chi connectivity index (χ3n) is 3.69. The topological polar surface area (TPSA) is 0 Å². The van der Waals surface area contributed by atoms with Crippen molar-refractivity contribution >= 4 is 225 Å². The molecule has 126 valence electrons. The van der Waals surface area contributed by atoms with E-state index in [0.717, 1.165) is 0 Å². The summed E-state index contributed by atoms with van der Waals surface area (Å²) >= 11 is 22.7. The molecule has 3 aromatic rings. The van der Waals surface area contributed by atoms with E-state index >= 15 is 0 Å². The summed E-state index contributed by atoms with van der Waals surface area (Å²) in [5.41, 5.74) is 1.39. The number of hydrogen-bond acceptors (Lipinski definition) is 0. The van der Waals surface area contributed by atoms with Gasteiger partial charge in [-0.15, -0.1) is 0 Å². The third-order valence-corrected chi connectivity index (χ3v) is 18.1. The Bertz CT molecular complexity index is 888. The summed E-state index contributed by atoms with van der Waals surface area (Å²) in [7, 11) is 0. The van der Waals surface area contributed by atoms with E-state index in [0.29, 0.717) is 0 Å². The van der Waals surface area contributed by atoms with Crippen LogP contribution in [-0.2, 0) is 0 Å². The van der Waals surface area contributed by atoms with Crippen molar-refractivity contribution in [2.75, 3.05) is 0 Å². The molecule has 0 fully saturated rings. The molecule has 0 nitrogen and oxygen atoms in total. The first kappa shape index (κ1) is 23.4. The summed E-state index contributed by atoms with van der Waals surface area (Å²) in [6, 6.07) is 0. The molecule has 0 aliphatic rings. The summed E-state index contributed by atoms with van der Waals surface area (Å²) < 4.78 is 12.4. The summed E-state index contributed by atoms with van der Waals surface area (Å²) in [4.78, 5) is 0. The lowest BCUT2D eigenvalue weighted by molar-refractivity contribution is 1.40. The van der Waals surface area contributed by atoms with E-state index < -0.39 is 0 Å². The van der Waals surface area contributed by atoms with Crippen molar-refractivity contribution in [3.63, 3.8) is 0 Å². The molecule has 24 heavy (non-hydrogen) atoms. The maximum Gasteiger partial charge on any atom is 0.0415 e. The van der Waals surface area contributed by atoms with Crippen LogP contribution in [0, 0.1) is 39.1 Å². The number of benzene rings is 3. The molecule has 0 spiro atoms. The Balaban J connectivity index is 2.82. The predicted molar refractivity (Wildman–Crippen MR) is 181 cm³/mol. The van der Waals surface area contributed by atoms with Gasteiger partial charge in [0.05, 0.1) is 0 Å². The van der Waals surface area contributed by atoms with Crippen LogP contribution >= 0.6 is 203 Å². The minimum absolute atomic E-state index is 1.37. The summed E-state index contributed by atoms with van der Waals surface area (Å²) in [5.74, 6) is 0. The number of hydrogen-bond donors (Lipinski definition) is 0. The van der Waals surface area contributed by atoms with Gasteiger partial charge in [-0.25, -0.2) is 0 Å². The van der Waals surface area contributed by atoms with Gasteiger partial charge in [0.15, 0.2) is 0 Å². The van der Waals surface area contributed by atoms with Crippen molar-refractivity contribution in [2.45, 2.75) is 6.92 Å². The molecule has 0 atom stereocenters. The zero-order valence-electron chi connectivity index (χ0n) is 11.4. The van der Waals surface area contributed by atoms with Crippen LogP contribution in [0.1, 0.15) is 5.56 Å². The van der Waals surface area contributed by atoms with Crippen LogP contribution in [-0.4, -0.2) is 0 Å². The van der Waals surface area contributed by atoms with Crippen LogP contribution in [0.4, 0.5) is 0 Å². The number of rotatable bonds is 0. The quantitative estimate of drug-likeness (QED) is 0.0912. The predicted octanol–water partition coefficient (Wildman–Crippen LogP) is 9.74. The minimum atomic E-state index is 1.37. The number of fused-ring (bicyclic) bond motifs is 2. The van der Waals surface area contributed by atoms with Crippen molar-refractivity contribution in [3.8, 4) is 0 Å². The molecule has 0 N–H and O–H groups in total. The number of halogens is 9. The van der Waals surface area contributed by atoms with Crippen LogP contribution in [0.2, 0.25) is 0 Å². The van der Waals surface area contributed by atoms with Crippen LogP contribution in [0.5, 0.6) is 0 Å². The highest BCUT2D eigenvalue weighted by atomic mass is 127. The van der Waals surface area contributed by atoms with Gasteiger partial charge in [-0.05, 0) is 216 Å². The van der Waals surface area contributed by atoms with Gasteiger partial charge in [-0.1, -0.05) is 0 Å². The maximum absolute atomic E-state index is 2.57. The third kappa shape index (κ3) is 3.75. The largest absolute Gasteiger partial charge is 0.0433 e. The van der Waals surface area contributed by atoms with Gasteiger partial charge in [-0.3, -0.25) is 0 Å². The molecule has 0 saturated heterocycles. The standard InChI is InChI=1S/C15H3I9/c1-2-7(16)3-4(11(20)8(2)17)10(19)6-5(9(3)18)12(21)14(23)15(24)13(6)22/h1H3. The molecule has 0 aliphatic heterocycles. The van der Waals surface area contributed by atoms with Crippen LogP contribution in [0.15, 0.2) is 0 Å². The molecule has 9 heteroatoms. The van der Waals surface area contributed by atoms with Crippen LogP contribution in [0.25, 0.3) is 21.5 Å². The SMILES string of the molecule is Cc1c(I)c(I)c2c(I)c3c(I)c(I)c(I)c(I)c3c(I)c2c1I. The molecule has 3 rings (SSSR count). The Morgan fingerprint density at radius 1 is 0.333 bits per heavy atom. The van der Waals surface area contributed by atoms with Crippen LogP contribution < -0.4 is 0 Å². The lowest BCUT2D eigenvalue weighted by Crippen LogP contribution is -2.03. The molecule has 0 aromatic heterocycles. The van der Waals surface area contributed by atoms with E-state index in [1.165, 1.54) is 59.2 Å². The van der Waals surface area contributed by atoms with Crippen molar-refractivity contribution in [1.82, 2.24) is 0 Å². The van der Waals surface area contributed by atoms with E-state index in [1.807, 2.05) is 0 Å². The molecule has 0 bridgehead atoms. The van der Waals surface area contributed by atoms with Gasteiger partial charge >= 0.3 is 0 Å². The normalized spacial score (nSPS) is 11.8. The Hall–Kier alpha value is 4.75. The minimum Gasteiger partial charge on any atom is -0.0433 e. The molecule has 0 saturated carbocycles. The molecule has 0 radical (unpaired) electrons. The smallest absolute Gasteiger partial charge is 0.0415 e.